The van der Waals surface area contributed by atoms with Crippen molar-refractivity contribution in [2.45, 2.75) is 177 Å². The number of carboxylic acid groups (broad SMARTS) is 1. The summed E-state index contributed by atoms with van der Waals surface area (Å²) >= 11 is 0. The highest BCUT2D eigenvalue weighted by molar-refractivity contribution is 5.89. The van der Waals surface area contributed by atoms with E-state index in [1.54, 1.807) is 5.57 Å². The van der Waals surface area contributed by atoms with Crippen LogP contribution in [0.1, 0.15) is 181 Å². The zero-order valence-electron chi connectivity index (χ0n) is 37.1. The Hall–Kier alpha value is -3.16. The molecule has 2 amide bonds. The number of allylic oxidation sites excluding steroid dienone is 2. The Morgan fingerprint density at radius 1 is 0.741 bits per heavy atom. The Morgan fingerprint density at radius 2 is 1.40 bits per heavy atom. The van der Waals surface area contributed by atoms with E-state index in [4.69, 9.17) is 9.84 Å². The van der Waals surface area contributed by atoms with Gasteiger partial charge in [-0.05, 0) is 129 Å². The summed E-state index contributed by atoms with van der Waals surface area (Å²) in [6.07, 6.45) is 22.0. The fraction of sp³-hybridized carbons (Fsp3) is 0.760. The van der Waals surface area contributed by atoms with E-state index in [0.717, 1.165) is 116 Å². The van der Waals surface area contributed by atoms with E-state index in [-0.39, 0.29) is 62.9 Å². The third-order valence-corrected chi connectivity index (χ3v) is 17.3. The minimum atomic E-state index is -1.01. The van der Waals surface area contributed by atoms with E-state index in [2.05, 4.69) is 65.2 Å². The van der Waals surface area contributed by atoms with E-state index in [0.29, 0.717) is 29.7 Å². The first kappa shape index (κ1) is 44.4. The lowest BCUT2D eigenvalue weighted by atomic mass is 9.33. The highest BCUT2D eigenvalue weighted by Gasteiger charge is 2.69. The van der Waals surface area contributed by atoms with Gasteiger partial charge >= 0.3 is 11.9 Å². The topological polar surface area (TPSA) is 122 Å². The molecule has 0 aromatic heterocycles. The molecule has 58 heavy (non-hydrogen) atoms. The van der Waals surface area contributed by atoms with Crippen LogP contribution < -0.4 is 10.6 Å². The summed E-state index contributed by atoms with van der Waals surface area (Å²) in [5.41, 5.74) is 2.35. The van der Waals surface area contributed by atoms with E-state index in [9.17, 15) is 19.2 Å². The van der Waals surface area contributed by atoms with Gasteiger partial charge in [-0.3, -0.25) is 14.4 Å². The van der Waals surface area contributed by atoms with Crippen molar-refractivity contribution in [3.05, 3.63) is 47.5 Å². The molecule has 5 aliphatic carbocycles. The molecule has 6 rings (SSSR count). The second-order valence-corrected chi connectivity index (χ2v) is 21.5. The van der Waals surface area contributed by atoms with E-state index >= 15 is 0 Å². The number of fused-ring (bicyclic) bond motifs is 7. The molecule has 0 saturated heterocycles. The van der Waals surface area contributed by atoms with E-state index < -0.39 is 5.97 Å². The SMILES string of the molecule is CC1(C)CC[C@]2(C(=O)NCCCCCCCCCCC(=O)NCC(=O)O)CC[C@]3(C)C(=CC[C@@H]4[C@@]5(C)CC[C@H](OC(=O)c6ccccc6)C(C)(C)[C@@H]5CC[C@]43C)[C@@H]2C1. The van der Waals surface area contributed by atoms with Gasteiger partial charge in [-0.1, -0.05) is 117 Å². The number of rotatable bonds is 16. The summed E-state index contributed by atoms with van der Waals surface area (Å²) in [6, 6.07) is 9.46. The third-order valence-electron chi connectivity index (χ3n) is 17.3. The van der Waals surface area contributed by atoms with Gasteiger partial charge in [0.05, 0.1) is 11.0 Å². The van der Waals surface area contributed by atoms with E-state index in [1.165, 1.54) is 6.42 Å². The smallest absolute Gasteiger partial charge is 0.338 e. The molecule has 3 N–H and O–H groups in total. The molecule has 8 atom stereocenters. The number of carbonyl (C=O) groups excluding carboxylic acids is 3. The molecule has 0 bridgehead atoms. The summed E-state index contributed by atoms with van der Waals surface area (Å²) in [4.78, 5) is 50.1. The predicted octanol–water partition coefficient (Wildman–Crippen LogP) is 10.8. The number of carboxylic acids is 1. The molecule has 8 nitrogen and oxygen atoms in total. The molecule has 8 heteroatoms. The molecule has 5 aliphatic rings. The van der Waals surface area contributed by atoms with Crippen molar-refractivity contribution in [3.63, 3.8) is 0 Å². The summed E-state index contributed by atoms with van der Waals surface area (Å²) in [5, 5.41) is 14.6. The summed E-state index contributed by atoms with van der Waals surface area (Å²) in [6.45, 7) is 17.8. The zero-order chi connectivity index (χ0) is 42.0. The second-order valence-electron chi connectivity index (χ2n) is 21.5. The Kier molecular flexibility index (Phi) is 13.3. The molecule has 4 saturated carbocycles. The lowest BCUT2D eigenvalue weighted by Crippen LogP contribution is -2.65. The average Bonchev–Trinajstić information content (AvgIpc) is 3.17. The number of aliphatic carboxylic acids is 1. The van der Waals surface area contributed by atoms with Crippen molar-refractivity contribution in [2.75, 3.05) is 13.1 Å². The van der Waals surface area contributed by atoms with Crippen LogP contribution in [-0.4, -0.2) is 48.1 Å². The van der Waals surface area contributed by atoms with E-state index in [1.807, 2.05) is 30.3 Å². The molecule has 322 valence electrons. The van der Waals surface area contributed by atoms with Gasteiger partial charge < -0.3 is 20.5 Å². The number of nitrogens with one attached hydrogen (secondary N) is 2. The number of amides is 2. The Bertz CT molecular complexity index is 1690. The van der Waals surface area contributed by atoms with Gasteiger partial charge in [0.15, 0.2) is 0 Å². The molecule has 4 fully saturated rings. The van der Waals surface area contributed by atoms with Crippen LogP contribution in [-0.2, 0) is 19.1 Å². The fourth-order valence-electron chi connectivity index (χ4n) is 13.7. The van der Waals surface area contributed by atoms with Crippen molar-refractivity contribution >= 4 is 23.8 Å². The van der Waals surface area contributed by atoms with Crippen LogP contribution in [0, 0.1) is 50.2 Å². The highest BCUT2D eigenvalue weighted by Crippen LogP contribution is 2.76. The van der Waals surface area contributed by atoms with Gasteiger partial charge in [0.1, 0.15) is 12.6 Å². The molecule has 1 aromatic rings. The van der Waals surface area contributed by atoms with Crippen LogP contribution in [0.4, 0.5) is 0 Å². The number of hydrogen-bond donors (Lipinski definition) is 3. The van der Waals surface area contributed by atoms with Crippen molar-refractivity contribution in [2.24, 2.45) is 50.2 Å². The highest BCUT2D eigenvalue weighted by atomic mass is 16.5. The number of hydrogen-bond acceptors (Lipinski definition) is 5. The van der Waals surface area contributed by atoms with Crippen LogP contribution >= 0.6 is 0 Å². The Morgan fingerprint density at radius 3 is 2.09 bits per heavy atom. The zero-order valence-corrected chi connectivity index (χ0v) is 37.1. The summed E-state index contributed by atoms with van der Waals surface area (Å²) in [5.74, 6) is 0.204. The fourth-order valence-corrected chi connectivity index (χ4v) is 13.7. The number of esters is 1. The standard InChI is InChI=1S/C50H76N2O6/c1-45(2)28-30-50(44(57)51-32-18-13-11-9-8-10-12-17-21-41(53)52-34-42(54)55)31-29-48(6)36(37(50)33-45)22-23-39-47(5)26-25-40(58-43(56)35-19-15-14-16-20-35)46(3,4)38(47)24-27-49(39,48)7/h14-16,19-20,22,37-40H,8-13,17-18,21,23-34H2,1-7H3,(H,51,57)(H,52,53)(H,54,55)/t37-,38-,39+,40-,47-,48+,49+,50-/m0/s1. The molecule has 0 spiro atoms. The predicted molar refractivity (Wildman–Crippen MR) is 230 cm³/mol. The van der Waals surface area contributed by atoms with Crippen LogP contribution in [0.3, 0.4) is 0 Å². The summed E-state index contributed by atoms with van der Waals surface area (Å²) in [7, 11) is 0. The normalized spacial score (nSPS) is 34.5. The molecule has 0 aliphatic heterocycles. The number of carbonyl (C=O) groups is 4. The lowest BCUT2D eigenvalue weighted by Gasteiger charge is -2.71. The molecule has 0 radical (unpaired) electrons. The minimum absolute atomic E-state index is 0.0549. The largest absolute Gasteiger partial charge is 0.480 e. The average molecular weight is 801 g/mol. The first-order valence-corrected chi connectivity index (χ1v) is 23.1. The van der Waals surface area contributed by atoms with Crippen molar-refractivity contribution in [3.8, 4) is 0 Å². The first-order valence-electron chi connectivity index (χ1n) is 23.1. The molecular formula is C50H76N2O6. The molecular weight excluding hydrogens is 725 g/mol. The van der Waals surface area contributed by atoms with Crippen molar-refractivity contribution in [1.82, 2.24) is 10.6 Å². The van der Waals surface area contributed by atoms with Gasteiger partial charge in [0, 0.05) is 18.4 Å². The quantitative estimate of drug-likeness (QED) is 0.0869. The maximum atomic E-state index is 14.5. The maximum Gasteiger partial charge on any atom is 0.338 e. The maximum absolute atomic E-state index is 14.5. The number of benzene rings is 1. The molecule has 1 aromatic carbocycles. The van der Waals surface area contributed by atoms with Gasteiger partial charge in [0.25, 0.3) is 0 Å². The Labute approximate surface area is 349 Å². The van der Waals surface area contributed by atoms with Crippen molar-refractivity contribution in [1.29, 1.82) is 0 Å². The Balaban J connectivity index is 1.06. The third kappa shape index (κ3) is 8.55. The van der Waals surface area contributed by atoms with Crippen LogP contribution in [0.5, 0.6) is 0 Å². The van der Waals surface area contributed by atoms with Gasteiger partial charge in [-0.25, -0.2) is 4.79 Å². The molecule has 0 unspecified atom stereocenters. The van der Waals surface area contributed by atoms with Crippen LogP contribution in [0.15, 0.2) is 42.0 Å². The second kappa shape index (κ2) is 17.4. The van der Waals surface area contributed by atoms with Gasteiger partial charge in [0.2, 0.25) is 11.8 Å². The first-order chi connectivity index (χ1) is 27.4. The monoisotopic (exact) mass is 801 g/mol. The van der Waals surface area contributed by atoms with Crippen LogP contribution in [0.2, 0.25) is 0 Å². The minimum Gasteiger partial charge on any atom is -0.480 e. The summed E-state index contributed by atoms with van der Waals surface area (Å²) < 4.78 is 6.34. The van der Waals surface area contributed by atoms with Gasteiger partial charge in [-0.15, -0.1) is 0 Å². The lowest BCUT2D eigenvalue weighted by molar-refractivity contribution is -0.204. The van der Waals surface area contributed by atoms with Gasteiger partial charge in [-0.2, -0.15) is 0 Å². The number of ether oxygens (including phenoxy) is 1. The number of unbranched alkanes of at least 4 members (excludes halogenated alkanes) is 7. The molecule has 0 heterocycles. The van der Waals surface area contributed by atoms with Crippen molar-refractivity contribution < 1.29 is 29.0 Å². The van der Waals surface area contributed by atoms with Crippen LogP contribution in [0.25, 0.3) is 0 Å².